The Balaban J connectivity index is 1.55. The molecule has 2 heterocycles. The first-order valence-electron chi connectivity index (χ1n) is 8.34. The van der Waals surface area contributed by atoms with Gasteiger partial charge in [-0.3, -0.25) is 9.69 Å². The maximum Gasteiger partial charge on any atom is 0.230 e. The molecule has 0 aliphatic carbocycles. The highest BCUT2D eigenvalue weighted by Crippen LogP contribution is 2.28. The van der Waals surface area contributed by atoms with Crippen molar-refractivity contribution in [2.24, 2.45) is 0 Å². The van der Waals surface area contributed by atoms with E-state index in [1.54, 1.807) is 4.90 Å². The fraction of sp³-hybridized carbons (Fsp3) is 0.105. The quantitative estimate of drug-likeness (QED) is 0.532. The number of thiazole rings is 1. The van der Waals surface area contributed by atoms with Crippen molar-refractivity contribution >= 4 is 28.1 Å². The van der Waals surface area contributed by atoms with E-state index >= 15 is 0 Å². The summed E-state index contributed by atoms with van der Waals surface area (Å²) in [6, 6.07) is 19.1. The van der Waals surface area contributed by atoms with Crippen LogP contribution in [0.5, 0.6) is 0 Å². The van der Waals surface area contributed by atoms with Crippen molar-refractivity contribution in [3.05, 3.63) is 71.7 Å². The van der Waals surface area contributed by atoms with Crippen LogP contribution < -0.4 is 4.90 Å². The van der Waals surface area contributed by atoms with E-state index < -0.39 is 0 Å². The highest BCUT2D eigenvalue weighted by molar-refractivity contribution is 7.14. The minimum Gasteiger partial charge on any atom is -0.274 e. The zero-order valence-corrected chi connectivity index (χ0v) is 15.4. The number of para-hydroxylation sites is 1. The van der Waals surface area contributed by atoms with Gasteiger partial charge in [0.05, 0.1) is 11.4 Å². The van der Waals surface area contributed by atoms with E-state index in [0.29, 0.717) is 17.5 Å². The molecule has 1 amide bonds. The van der Waals surface area contributed by atoms with Crippen LogP contribution in [-0.4, -0.2) is 31.1 Å². The number of hydrogen-bond donors (Lipinski definition) is 0. The van der Waals surface area contributed by atoms with Crippen LogP contribution in [0.25, 0.3) is 11.4 Å². The monoisotopic (exact) mass is 376 g/mol. The molecular formula is C19H16N6OS. The summed E-state index contributed by atoms with van der Waals surface area (Å²) in [5.41, 5.74) is 2.47. The Morgan fingerprint density at radius 1 is 1.07 bits per heavy atom. The second kappa shape index (κ2) is 7.46. The van der Waals surface area contributed by atoms with E-state index in [9.17, 15) is 4.79 Å². The molecular weight excluding hydrogens is 360 g/mol. The Labute approximate surface area is 159 Å². The lowest BCUT2D eigenvalue weighted by Crippen LogP contribution is -2.22. The number of anilines is 2. The molecule has 8 heteroatoms. The van der Waals surface area contributed by atoms with Gasteiger partial charge in [-0.2, -0.15) is 4.80 Å². The summed E-state index contributed by atoms with van der Waals surface area (Å²) < 4.78 is 0. The molecule has 2 aromatic carbocycles. The van der Waals surface area contributed by atoms with Crippen molar-refractivity contribution in [1.82, 2.24) is 25.2 Å². The summed E-state index contributed by atoms with van der Waals surface area (Å²) in [6.07, 6.45) is 0. The third kappa shape index (κ3) is 3.75. The lowest BCUT2D eigenvalue weighted by atomic mass is 10.2. The normalized spacial score (nSPS) is 10.7. The highest BCUT2D eigenvalue weighted by Gasteiger charge is 2.18. The summed E-state index contributed by atoms with van der Waals surface area (Å²) in [5, 5.41) is 15.1. The van der Waals surface area contributed by atoms with Gasteiger partial charge in [-0.15, -0.1) is 21.5 Å². The molecule has 0 radical (unpaired) electrons. The molecule has 0 aliphatic rings. The molecule has 0 spiro atoms. The van der Waals surface area contributed by atoms with Crippen LogP contribution >= 0.6 is 11.3 Å². The summed E-state index contributed by atoms with van der Waals surface area (Å²) in [6.45, 7) is 1.91. The molecule has 7 nitrogen and oxygen atoms in total. The summed E-state index contributed by atoms with van der Waals surface area (Å²) in [7, 11) is 0. The SMILES string of the molecule is CC(=O)N(c1ccccc1)c1nc(Cn2nnc(-c3ccccc3)n2)cs1. The zero-order chi connectivity index (χ0) is 18.6. The number of carbonyl (C=O) groups is 1. The number of carbonyl (C=O) groups excluding carboxylic acids is 1. The van der Waals surface area contributed by atoms with Gasteiger partial charge in [0.15, 0.2) is 5.13 Å². The standard InChI is InChI=1S/C19H16N6OS/c1-14(26)25(17-10-6-3-7-11-17)19-20-16(13-27-19)12-24-22-18(21-23-24)15-8-4-2-5-9-15/h2-11,13H,12H2,1H3. The topological polar surface area (TPSA) is 76.8 Å². The third-order valence-electron chi connectivity index (χ3n) is 3.85. The molecule has 27 heavy (non-hydrogen) atoms. The van der Waals surface area contributed by atoms with Crippen LogP contribution in [0.4, 0.5) is 10.8 Å². The van der Waals surface area contributed by atoms with Crippen LogP contribution in [0.3, 0.4) is 0 Å². The number of nitrogens with zero attached hydrogens (tertiary/aromatic N) is 6. The van der Waals surface area contributed by atoms with Crippen LogP contribution in [0.1, 0.15) is 12.6 Å². The maximum absolute atomic E-state index is 12.1. The van der Waals surface area contributed by atoms with Crippen LogP contribution in [-0.2, 0) is 11.3 Å². The lowest BCUT2D eigenvalue weighted by Gasteiger charge is -2.17. The second-order valence-corrected chi connectivity index (χ2v) is 6.66. The van der Waals surface area contributed by atoms with Gasteiger partial charge in [-0.25, -0.2) is 4.98 Å². The lowest BCUT2D eigenvalue weighted by molar-refractivity contribution is -0.115. The van der Waals surface area contributed by atoms with Crippen molar-refractivity contribution in [2.75, 3.05) is 4.90 Å². The van der Waals surface area contributed by atoms with Crippen molar-refractivity contribution < 1.29 is 4.79 Å². The zero-order valence-electron chi connectivity index (χ0n) is 14.6. The fourth-order valence-corrected chi connectivity index (χ4v) is 3.51. The summed E-state index contributed by atoms with van der Waals surface area (Å²) in [5.74, 6) is 0.480. The van der Waals surface area contributed by atoms with Crippen molar-refractivity contribution in [2.45, 2.75) is 13.5 Å². The molecule has 0 N–H and O–H groups in total. The molecule has 0 saturated carbocycles. The minimum absolute atomic E-state index is 0.0904. The molecule has 4 aromatic rings. The van der Waals surface area contributed by atoms with E-state index in [1.807, 2.05) is 66.0 Å². The van der Waals surface area contributed by atoms with Crippen LogP contribution in [0, 0.1) is 0 Å². The predicted octanol–water partition coefficient (Wildman–Crippen LogP) is 3.53. The number of tetrazole rings is 1. The Hall–Kier alpha value is -3.39. The molecule has 0 atom stereocenters. The Kier molecular flexibility index (Phi) is 4.71. The summed E-state index contributed by atoms with van der Waals surface area (Å²) >= 11 is 1.41. The number of rotatable bonds is 5. The van der Waals surface area contributed by atoms with Crippen LogP contribution in [0.2, 0.25) is 0 Å². The van der Waals surface area contributed by atoms with Crippen molar-refractivity contribution in [1.29, 1.82) is 0 Å². The van der Waals surface area contributed by atoms with E-state index in [0.717, 1.165) is 16.9 Å². The van der Waals surface area contributed by atoms with E-state index in [-0.39, 0.29) is 5.91 Å². The summed E-state index contributed by atoms with van der Waals surface area (Å²) in [4.78, 5) is 19.8. The molecule has 134 valence electrons. The first-order chi connectivity index (χ1) is 13.2. The largest absolute Gasteiger partial charge is 0.274 e. The predicted molar refractivity (Wildman–Crippen MR) is 104 cm³/mol. The van der Waals surface area contributed by atoms with E-state index in [1.165, 1.54) is 23.1 Å². The van der Waals surface area contributed by atoms with E-state index in [4.69, 9.17) is 0 Å². The van der Waals surface area contributed by atoms with Gasteiger partial charge in [-0.05, 0) is 17.3 Å². The van der Waals surface area contributed by atoms with Gasteiger partial charge in [0.2, 0.25) is 11.7 Å². The van der Waals surface area contributed by atoms with Gasteiger partial charge in [0.1, 0.15) is 6.54 Å². The highest BCUT2D eigenvalue weighted by atomic mass is 32.1. The van der Waals surface area contributed by atoms with Gasteiger partial charge < -0.3 is 0 Å². The Morgan fingerprint density at radius 2 is 1.78 bits per heavy atom. The first-order valence-corrected chi connectivity index (χ1v) is 9.22. The van der Waals surface area contributed by atoms with E-state index in [2.05, 4.69) is 20.4 Å². The molecule has 0 saturated heterocycles. The second-order valence-electron chi connectivity index (χ2n) is 5.82. The number of hydrogen-bond acceptors (Lipinski definition) is 6. The third-order valence-corrected chi connectivity index (χ3v) is 4.72. The number of benzene rings is 2. The van der Waals surface area contributed by atoms with Gasteiger partial charge in [0.25, 0.3) is 0 Å². The van der Waals surface area contributed by atoms with Gasteiger partial charge >= 0.3 is 0 Å². The van der Waals surface area contributed by atoms with Crippen molar-refractivity contribution in [3.63, 3.8) is 0 Å². The molecule has 0 unspecified atom stereocenters. The average molecular weight is 376 g/mol. The van der Waals surface area contributed by atoms with Gasteiger partial charge in [-0.1, -0.05) is 48.5 Å². The smallest absolute Gasteiger partial charge is 0.230 e. The first kappa shape index (κ1) is 17.0. The number of amides is 1. The van der Waals surface area contributed by atoms with Gasteiger partial charge in [0, 0.05) is 17.9 Å². The molecule has 4 rings (SSSR count). The number of aromatic nitrogens is 5. The molecule has 0 aliphatic heterocycles. The maximum atomic E-state index is 12.1. The average Bonchev–Trinajstić information content (AvgIpc) is 3.34. The fourth-order valence-electron chi connectivity index (χ4n) is 2.63. The Morgan fingerprint density at radius 3 is 2.48 bits per heavy atom. The molecule has 0 fully saturated rings. The Bertz CT molecular complexity index is 1040. The van der Waals surface area contributed by atoms with Crippen molar-refractivity contribution in [3.8, 4) is 11.4 Å². The molecule has 2 aromatic heterocycles. The molecule has 0 bridgehead atoms. The minimum atomic E-state index is -0.0904. The van der Waals surface area contributed by atoms with Crippen LogP contribution in [0.15, 0.2) is 66.0 Å².